The third kappa shape index (κ3) is 6.97. The topological polar surface area (TPSA) is 92.8 Å². The number of halogens is 3. The number of rotatable bonds is 8. The summed E-state index contributed by atoms with van der Waals surface area (Å²) in [4.78, 5) is 30.6. The number of anilines is 1. The number of hydrogen-bond acceptors (Lipinski definition) is 6. The Bertz CT molecular complexity index is 1150. The van der Waals surface area contributed by atoms with E-state index in [1.54, 1.807) is 26.0 Å². The lowest BCUT2D eigenvalue weighted by Gasteiger charge is -2.21. The number of alkyl halides is 3. The SMILES string of the molecule is CCCOc1c(CN(C)C(=O)C=Cc2cnc3c(c2)CNC(C)(C)C(=O)N3)cccc1OC(F)(F)F. The minimum atomic E-state index is -4.87. The van der Waals surface area contributed by atoms with Crippen molar-refractivity contribution in [1.29, 1.82) is 0 Å². The Hall–Kier alpha value is -3.60. The van der Waals surface area contributed by atoms with Gasteiger partial charge in [-0.25, -0.2) is 4.98 Å². The number of hydrogen-bond donors (Lipinski definition) is 2. The fourth-order valence-electron chi connectivity index (χ4n) is 3.41. The third-order valence-corrected chi connectivity index (χ3v) is 5.45. The summed E-state index contributed by atoms with van der Waals surface area (Å²) in [5.74, 6) is -0.612. The Kier molecular flexibility index (Phi) is 8.24. The van der Waals surface area contributed by atoms with Gasteiger partial charge in [0, 0.05) is 43.5 Å². The first-order valence-corrected chi connectivity index (χ1v) is 11.4. The third-order valence-electron chi connectivity index (χ3n) is 5.45. The number of fused-ring (bicyclic) bond motifs is 1. The first kappa shape index (κ1) is 27.0. The fourth-order valence-corrected chi connectivity index (χ4v) is 3.41. The normalized spacial score (nSPS) is 15.1. The molecule has 1 aliphatic heterocycles. The first-order chi connectivity index (χ1) is 16.9. The summed E-state index contributed by atoms with van der Waals surface area (Å²) in [6.45, 7) is 5.99. The van der Waals surface area contributed by atoms with E-state index in [9.17, 15) is 22.8 Å². The van der Waals surface area contributed by atoms with Gasteiger partial charge in [0.1, 0.15) is 5.82 Å². The van der Waals surface area contributed by atoms with Crippen molar-refractivity contribution in [3.8, 4) is 11.5 Å². The van der Waals surface area contributed by atoms with Crippen molar-refractivity contribution in [3.63, 3.8) is 0 Å². The molecular weight excluding hydrogens is 477 g/mol. The van der Waals surface area contributed by atoms with Gasteiger partial charge in [0.05, 0.1) is 12.1 Å². The van der Waals surface area contributed by atoms with Crippen LogP contribution in [0.5, 0.6) is 11.5 Å². The molecule has 3 rings (SSSR count). The molecular formula is C25H29F3N4O4. The highest BCUT2D eigenvalue weighted by atomic mass is 19.4. The lowest BCUT2D eigenvalue weighted by atomic mass is 10.1. The van der Waals surface area contributed by atoms with Crippen LogP contribution >= 0.6 is 0 Å². The summed E-state index contributed by atoms with van der Waals surface area (Å²) in [6.07, 6.45) is 0.183. The number of ether oxygens (including phenoxy) is 2. The van der Waals surface area contributed by atoms with Gasteiger partial charge in [-0.05, 0) is 44.0 Å². The Morgan fingerprint density at radius 2 is 2.06 bits per heavy atom. The van der Waals surface area contributed by atoms with Crippen LogP contribution < -0.4 is 20.1 Å². The summed E-state index contributed by atoms with van der Waals surface area (Å²) in [6, 6.07) is 5.99. The molecule has 2 aromatic rings. The van der Waals surface area contributed by atoms with E-state index in [2.05, 4.69) is 20.4 Å². The van der Waals surface area contributed by atoms with Crippen LogP contribution in [0.1, 0.15) is 43.9 Å². The number of nitrogens with one attached hydrogen (secondary N) is 2. The first-order valence-electron chi connectivity index (χ1n) is 11.4. The lowest BCUT2D eigenvalue weighted by Crippen LogP contribution is -2.47. The monoisotopic (exact) mass is 506 g/mol. The second-order valence-electron chi connectivity index (χ2n) is 8.88. The maximum atomic E-state index is 12.8. The zero-order valence-corrected chi connectivity index (χ0v) is 20.5. The van der Waals surface area contributed by atoms with E-state index >= 15 is 0 Å². The smallest absolute Gasteiger partial charge is 0.489 e. The van der Waals surface area contributed by atoms with Crippen molar-refractivity contribution in [1.82, 2.24) is 15.2 Å². The fraction of sp³-hybridized carbons (Fsp3) is 0.400. The summed E-state index contributed by atoms with van der Waals surface area (Å²) in [5.41, 5.74) is 1.05. The number of benzene rings is 1. The zero-order chi connectivity index (χ0) is 26.5. The molecule has 0 fully saturated rings. The Balaban J connectivity index is 1.73. The van der Waals surface area contributed by atoms with Crippen molar-refractivity contribution in [3.05, 3.63) is 53.2 Å². The number of likely N-dealkylation sites (N-methyl/N-ethyl adjacent to an activating group) is 1. The standard InChI is InChI=1S/C25H29F3N4O4/c1-5-11-35-21-17(7-6-8-19(21)36-25(26,27)28)15-32(4)20(33)10-9-16-12-18-14-30-24(2,3)23(34)31-22(18)29-13-16/h6-10,12-13,30H,5,11,14-15H2,1-4H3,(H,29,31,34). The van der Waals surface area contributed by atoms with Crippen LogP contribution in [-0.2, 0) is 22.7 Å². The second-order valence-corrected chi connectivity index (χ2v) is 8.88. The molecule has 1 aliphatic rings. The minimum absolute atomic E-state index is 0.00471. The van der Waals surface area contributed by atoms with Gasteiger partial charge in [-0.2, -0.15) is 0 Å². The predicted octanol–water partition coefficient (Wildman–Crippen LogP) is 4.26. The van der Waals surface area contributed by atoms with E-state index < -0.39 is 17.7 Å². The minimum Gasteiger partial charge on any atom is -0.489 e. The molecule has 1 aromatic carbocycles. The number of aromatic nitrogens is 1. The average molecular weight is 507 g/mol. The van der Waals surface area contributed by atoms with Gasteiger partial charge in [-0.1, -0.05) is 19.1 Å². The van der Waals surface area contributed by atoms with Gasteiger partial charge in [-0.15, -0.1) is 13.2 Å². The van der Waals surface area contributed by atoms with Gasteiger partial charge in [0.2, 0.25) is 11.8 Å². The molecule has 2 N–H and O–H groups in total. The maximum Gasteiger partial charge on any atom is 0.573 e. The maximum absolute atomic E-state index is 12.8. The number of amides is 2. The zero-order valence-electron chi connectivity index (χ0n) is 20.5. The molecule has 0 radical (unpaired) electrons. The Labute approximate surface area is 207 Å². The number of para-hydroxylation sites is 1. The molecule has 0 aliphatic carbocycles. The molecule has 2 heterocycles. The molecule has 36 heavy (non-hydrogen) atoms. The van der Waals surface area contributed by atoms with Crippen molar-refractivity contribution in [2.45, 2.75) is 52.2 Å². The van der Waals surface area contributed by atoms with Crippen LogP contribution in [0.2, 0.25) is 0 Å². The number of carbonyl (C=O) groups is 2. The second kappa shape index (κ2) is 11.0. The highest BCUT2D eigenvalue weighted by Gasteiger charge is 2.33. The van der Waals surface area contributed by atoms with Crippen LogP contribution in [0.15, 0.2) is 36.5 Å². The van der Waals surface area contributed by atoms with E-state index in [1.165, 1.54) is 36.4 Å². The molecule has 194 valence electrons. The Morgan fingerprint density at radius 3 is 2.75 bits per heavy atom. The van der Waals surface area contributed by atoms with Gasteiger partial charge in [0.25, 0.3) is 0 Å². The lowest BCUT2D eigenvalue weighted by molar-refractivity contribution is -0.275. The molecule has 8 nitrogen and oxygen atoms in total. The summed E-state index contributed by atoms with van der Waals surface area (Å²) in [7, 11) is 1.53. The van der Waals surface area contributed by atoms with E-state index in [4.69, 9.17) is 4.74 Å². The quantitative estimate of drug-likeness (QED) is 0.520. The molecule has 0 unspecified atom stereocenters. The van der Waals surface area contributed by atoms with E-state index in [0.29, 0.717) is 29.9 Å². The Morgan fingerprint density at radius 1 is 1.31 bits per heavy atom. The van der Waals surface area contributed by atoms with Gasteiger partial charge in [-0.3, -0.25) is 14.9 Å². The molecule has 0 atom stereocenters. The number of carbonyl (C=O) groups excluding carboxylic acids is 2. The summed E-state index contributed by atoms with van der Waals surface area (Å²) >= 11 is 0. The van der Waals surface area contributed by atoms with Crippen LogP contribution in [-0.4, -0.2) is 47.3 Å². The van der Waals surface area contributed by atoms with Crippen molar-refractivity contribution in [2.24, 2.45) is 0 Å². The molecule has 2 amide bonds. The molecule has 0 saturated carbocycles. The highest BCUT2D eigenvalue weighted by Crippen LogP contribution is 2.36. The van der Waals surface area contributed by atoms with E-state index in [0.717, 1.165) is 5.56 Å². The molecule has 11 heteroatoms. The van der Waals surface area contributed by atoms with Gasteiger partial charge < -0.3 is 19.7 Å². The summed E-state index contributed by atoms with van der Waals surface area (Å²) < 4.78 is 48.1. The molecule has 1 aromatic heterocycles. The van der Waals surface area contributed by atoms with Crippen molar-refractivity contribution >= 4 is 23.7 Å². The summed E-state index contributed by atoms with van der Waals surface area (Å²) in [5, 5.41) is 5.94. The van der Waals surface area contributed by atoms with Crippen LogP contribution in [0.25, 0.3) is 6.08 Å². The van der Waals surface area contributed by atoms with Gasteiger partial charge >= 0.3 is 6.36 Å². The van der Waals surface area contributed by atoms with Crippen LogP contribution in [0.4, 0.5) is 19.0 Å². The van der Waals surface area contributed by atoms with Crippen molar-refractivity contribution < 1.29 is 32.2 Å². The molecule has 0 spiro atoms. The van der Waals surface area contributed by atoms with Crippen molar-refractivity contribution in [2.75, 3.05) is 19.0 Å². The molecule has 0 saturated heterocycles. The average Bonchev–Trinajstić information content (AvgIpc) is 2.91. The van der Waals surface area contributed by atoms with Crippen LogP contribution in [0, 0.1) is 0 Å². The number of pyridine rings is 1. The highest BCUT2D eigenvalue weighted by molar-refractivity contribution is 5.98. The predicted molar refractivity (Wildman–Crippen MR) is 128 cm³/mol. The largest absolute Gasteiger partial charge is 0.573 e. The number of nitrogens with zero attached hydrogens (tertiary/aromatic N) is 2. The molecule has 0 bridgehead atoms. The van der Waals surface area contributed by atoms with Gasteiger partial charge in [0.15, 0.2) is 11.5 Å². The van der Waals surface area contributed by atoms with Crippen LogP contribution in [0.3, 0.4) is 0 Å². The van der Waals surface area contributed by atoms with E-state index in [-0.39, 0.29) is 30.7 Å². The van der Waals surface area contributed by atoms with E-state index in [1.807, 2.05) is 13.0 Å².